The van der Waals surface area contributed by atoms with Crippen LogP contribution in [0.3, 0.4) is 0 Å². The third kappa shape index (κ3) is 2.87. The number of para-hydroxylation sites is 2. The lowest BCUT2D eigenvalue weighted by molar-refractivity contribution is 0.470. The van der Waals surface area contributed by atoms with Gasteiger partial charge in [-0.1, -0.05) is 28.1 Å². The van der Waals surface area contributed by atoms with Crippen molar-refractivity contribution in [1.82, 2.24) is 9.97 Å². The highest BCUT2D eigenvalue weighted by Gasteiger charge is 2.11. The molecule has 0 atom stereocenters. The van der Waals surface area contributed by atoms with E-state index in [0.29, 0.717) is 20.5 Å². The summed E-state index contributed by atoms with van der Waals surface area (Å²) in [6.45, 7) is 0. The summed E-state index contributed by atoms with van der Waals surface area (Å²) in [6, 6.07) is 13.3. The molecule has 0 fully saturated rings. The van der Waals surface area contributed by atoms with Gasteiger partial charge in [0.15, 0.2) is 0 Å². The number of nitrogens with one attached hydrogen (secondary N) is 1. The first-order valence-electron chi connectivity index (χ1n) is 6.33. The molecule has 4 nitrogen and oxygen atoms in total. The Morgan fingerprint density at radius 3 is 2.86 bits per heavy atom. The summed E-state index contributed by atoms with van der Waals surface area (Å²) in [4.78, 5) is 7.53. The van der Waals surface area contributed by atoms with E-state index < -0.39 is 0 Å². The van der Waals surface area contributed by atoms with Gasteiger partial charge in [0.25, 0.3) is 0 Å². The molecule has 1 aromatic heterocycles. The van der Waals surface area contributed by atoms with Crippen LogP contribution in [0.2, 0.25) is 0 Å². The van der Waals surface area contributed by atoms with Gasteiger partial charge in [-0.25, -0.2) is 4.98 Å². The molecule has 22 heavy (non-hydrogen) atoms. The largest absolute Gasteiger partial charge is 0.506 e. The molecule has 0 saturated heterocycles. The fourth-order valence-corrected chi connectivity index (χ4v) is 3.64. The quantitative estimate of drug-likeness (QED) is 0.425. The Kier molecular flexibility index (Phi) is 4.18. The van der Waals surface area contributed by atoms with Gasteiger partial charge in [0, 0.05) is 10.0 Å². The number of aromatic amines is 1. The minimum atomic E-state index is 0.146. The highest BCUT2D eigenvalue weighted by molar-refractivity contribution is 14.1. The molecular weight excluding hydrogens is 457 g/mol. The number of nitrogens with zero attached hydrogens (tertiary/aromatic N) is 2. The number of aromatic hydroxyl groups is 1. The monoisotopic (exact) mass is 465 g/mol. The highest BCUT2D eigenvalue weighted by atomic mass is 127. The van der Waals surface area contributed by atoms with Crippen molar-refractivity contribution >= 4 is 61.2 Å². The lowest BCUT2D eigenvalue weighted by atomic mass is 10.1. The van der Waals surface area contributed by atoms with Gasteiger partial charge in [-0.05, 0) is 52.9 Å². The number of hydrogen-bond donors (Lipinski definition) is 2. The Morgan fingerprint density at radius 1 is 1.36 bits per heavy atom. The van der Waals surface area contributed by atoms with E-state index in [0.717, 1.165) is 15.5 Å². The summed E-state index contributed by atoms with van der Waals surface area (Å²) in [7, 11) is 0. The predicted octanol–water partition coefficient (Wildman–Crippen LogP) is 4.70. The molecule has 108 valence electrons. The third-order valence-corrected chi connectivity index (χ3v) is 4.40. The maximum Gasteiger partial charge on any atom is 0.149 e. The van der Waals surface area contributed by atoms with E-state index in [1.165, 1.54) is 0 Å². The highest BCUT2D eigenvalue weighted by Crippen LogP contribution is 2.31. The fourth-order valence-electron chi connectivity index (χ4n) is 2.09. The second-order valence-electron chi connectivity index (χ2n) is 4.60. The van der Waals surface area contributed by atoms with Crippen LogP contribution in [0, 0.1) is 14.9 Å². The van der Waals surface area contributed by atoms with Crippen molar-refractivity contribution in [2.24, 2.45) is 0 Å². The Balaban J connectivity index is 2.13. The van der Waals surface area contributed by atoms with Crippen molar-refractivity contribution in [3.63, 3.8) is 0 Å². The van der Waals surface area contributed by atoms with Crippen molar-refractivity contribution in [2.75, 3.05) is 0 Å². The maximum absolute atomic E-state index is 10.1. The van der Waals surface area contributed by atoms with Gasteiger partial charge in [0.05, 0.1) is 20.2 Å². The molecule has 0 bridgehead atoms. The number of rotatable bonds is 2. The van der Waals surface area contributed by atoms with Crippen LogP contribution in [0.4, 0.5) is 0 Å². The summed E-state index contributed by atoms with van der Waals surface area (Å²) in [5.41, 5.74) is 2.59. The van der Waals surface area contributed by atoms with Crippen LogP contribution in [-0.2, 0) is 0 Å². The van der Waals surface area contributed by atoms with E-state index in [4.69, 9.17) is 0 Å². The first kappa shape index (κ1) is 15.1. The van der Waals surface area contributed by atoms with Crippen molar-refractivity contribution in [3.05, 3.63) is 55.8 Å². The first-order chi connectivity index (χ1) is 10.6. The summed E-state index contributed by atoms with van der Waals surface area (Å²) in [6.07, 6.45) is 1.62. The molecule has 0 radical (unpaired) electrons. The van der Waals surface area contributed by atoms with E-state index in [-0.39, 0.29) is 5.75 Å². The zero-order valence-electron chi connectivity index (χ0n) is 11.1. The summed E-state index contributed by atoms with van der Waals surface area (Å²) in [5.74, 6) is 0.630. The number of benzene rings is 2. The summed E-state index contributed by atoms with van der Waals surface area (Å²) in [5, 5.41) is 19.6. The average molecular weight is 466 g/mol. The molecule has 0 saturated carbocycles. The number of aromatic nitrogens is 2. The van der Waals surface area contributed by atoms with E-state index in [2.05, 4.69) is 32.0 Å². The first-order valence-corrected chi connectivity index (χ1v) is 8.20. The van der Waals surface area contributed by atoms with Gasteiger partial charge in [0.2, 0.25) is 0 Å². The van der Waals surface area contributed by atoms with Crippen molar-refractivity contribution in [2.45, 2.75) is 0 Å². The molecule has 1 heterocycles. The SMILES string of the molecule is N#C/C(=C/c1cc(Br)cc(I)c1O)c1nc2ccccc2[nH]1. The molecule has 0 spiro atoms. The molecule has 2 N–H and O–H groups in total. The van der Waals surface area contributed by atoms with Gasteiger partial charge < -0.3 is 10.1 Å². The average Bonchev–Trinajstić information content (AvgIpc) is 2.93. The van der Waals surface area contributed by atoms with Gasteiger partial charge in [-0.3, -0.25) is 0 Å². The normalized spacial score (nSPS) is 11.6. The zero-order chi connectivity index (χ0) is 15.7. The Labute approximate surface area is 148 Å². The minimum Gasteiger partial charge on any atom is -0.506 e. The number of allylic oxidation sites excluding steroid dienone is 1. The fraction of sp³-hybridized carbons (Fsp3) is 0. The van der Waals surface area contributed by atoms with Crippen molar-refractivity contribution in [1.29, 1.82) is 5.26 Å². The van der Waals surface area contributed by atoms with Crippen LogP contribution in [0.1, 0.15) is 11.4 Å². The van der Waals surface area contributed by atoms with Crippen LogP contribution < -0.4 is 0 Å². The molecule has 3 rings (SSSR count). The minimum absolute atomic E-state index is 0.146. The van der Waals surface area contributed by atoms with Gasteiger partial charge in [-0.15, -0.1) is 0 Å². The lowest BCUT2D eigenvalue weighted by Crippen LogP contribution is -1.87. The van der Waals surface area contributed by atoms with Crippen molar-refractivity contribution in [3.8, 4) is 11.8 Å². The molecular formula is C16H9BrIN3O. The number of imidazole rings is 1. The van der Waals surface area contributed by atoms with Crippen LogP contribution in [0.15, 0.2) is 40.9 Å². The Hall–Kier alpha value is -1.85. The second kappa shape index (κ2) is 6.10. The lowest BCUT2D eigenvalue weighted by Gasteiger charge is -2.04. The number of phenols is 1. The summed E-state index contributed by atoms with van der Waals surface area (Å²) >= 11 is 5.44. The number of fused-ring (bicyclic) bond motifs is 1. The van der Waals surface area contributed by atoms with E-state index >= 15 is 0 Å². The molecule has 0 aliphatic carbocycles. The maximum atomic E-state index is 10.1. The summed E-state index contributed by atoms with van der Waals surface area (Å²) < 4.78 is 1.54. The number of hydrogen-bond acceptors (Lipinski definition) is 3. The van der Waals surface area contributed by atoms with E-state index in [1.54, 1.807) is 18.2 Å². The number of phenolic OH excluding ortho intramolecular Hbond substituents is 1. The topological polar surface area (TPSA) is 72.7 Å². The number of H-pyrrole nitrogens is 1. The van der Waals surface area contributed by atoms with Gasteiger partial charge in [-0.2, -0.15) is 5.26 Å². The molecule has 0 amide bonds. The van der Waals surface area contributed by atoms with Crippen LogP contribution >= 0.6 is 38.5 Å². The Morgan fingerprint density at radius 2 is 2.14 bits per heavy atom. The smallest absolute Gasteiger partial charge is 0.149 e. The van der Waals surface area contributed by atoms with Crippen LogP contribution in [0.25, 0.3) is 22.7 Å². The van der Waals surface area contributed by atoms with E-state index in [9.17, 15) is 10.4 Å². The molecule has 6 heteroatoms. The van der Waals surface area contributed by atoms with Gasteiger partial charge in [0.1, 0.15) is 17.6 Å². The molecule has 2 aromatic carbocycles. The Bertz CT molecular complexity index is 907. The number of halogens is 2. The second-order valence-corrected chi connectivity index (χ2v) is 6.68. The number of nitriles is 1. The molecule has 3 aromatic rings. The standard InChI is InChI=1S/C16H9BrIN3O/c17-11-6-9(15(22)12(18)7-11)5-10(8-19)16-20-13-3-1-2-4-14(13)21-16/h1-7,22H,(H,20,21)/b10-5-. The molecule has 0 aliphatic heterocycles. The molecule has 0 unspecified atom stereocenters. The van der Waals surface area contributed by atoms with E-state index in [1.807, 2.05) is 46.9 Å². The van der Waals surface area contributed by atoms with Crippen LogP contribution in [0.5, 0.6) is 5.75 Å². The van der Waals surface area contributed by atoms with Crippen molar-refractivity contribution < 1.29 is 5.11 Å². The predicted molar refractivity (Wildman–Crippen MR) is 98.1 cm³/mol. The van der Waals surface area contributed by atoms with Gasteiger partial charge >= 0.3 is 0 Å². The molecule has 0 aliphatic rings. The zero-order valence-corrected chi connectivity index (χ0v) is 14.9. The van der Waals surface area contributed by atoms with Crippen LogP contribution in [-0.4, -0.2) is 15.1 Å². The third-order valence-electron chi connectivity index (χ3n) is 3.12.